The number of anilines is 1. The van der Waals surface area contributed by atoms with Gasteiger partial charge in [-0.1, -0.05) is 11.5 Å². The first-order chi connectivity index (χ1) is 6.11. The Morgan fingerprint density at radius 1 is 1.31 bits per heavy atom. The Hall–Kier alpha value is -1.65. The quantitative estimate of drug-likeness (QED) is 0.417. The maximum Gasteiger partial charge on any atom is 0.296 e. The van der Waals surface area contributed by atoms with E-state index < -0.39 is 17.5 Å². The van der Waals surface area contributed by atoms with Crippen LogP contribution in [0, 0.1) is 5.82 Å². The summed E-state index contributed by atoms with van der Waals surface area (Å²) in [6.07, 6.45) is 0. The average Bonchev–Trinajstić information content (AvgIpc) is 2.38. The van der Waals surface area contributed by atoms with Gasteiger partial charge in [0, 0.05) is 5.69 Å². The molecule has 64 valence electrons. The van der Waals surface area contributed by atoms with Crippen molar-refractivity contribution < 1.29 is 14.0 Å². The molecule has 0 bridgehead atoms. The van der Waals surface area contributed by atoms with Crippen LogP contribution < -0.4 is 10.8 Å². The van der Waals surface area contributed by atoms with Gasteiger partial charge in [0.2, 0.25) is 0 Å². The van der Waals surface area contributed by atoms with Crippen molar-refractivity contribution >= 4 is 30.7 Å². The first kappa shape index (κ1) is 7.98. The van der Waals surface area contributed by atoms with Gasteiger partial charge in [0.1, 0.15) is 13.7 Å². The molecule has 2 rings (SSSR count). The van der Waals surface area contributed by atoms with E-state index >= 15 is 0 Å². The van der Waals surface area contributed by atoms with Crippen molar-refractivity contribution in [3.63, 3.8) is 0 Å². The third-order valence-electron chi connectivity index (χ3n) is 2.03. The number of halogens is 1. The molecule has 0 saturated carbocycles. The van der Waals surface area contributed by atoms with Crippen LogP contribution in [0.3, 0.4) is 0 Å². The van der Waals surface area contributed by atoms with E-state index in [9.17, 15) is 14.0 Å². The Kier molecular flexibility index (Phi) is 1.48. The zero-order chi connectivity index (χ0) is 9.59. The first-order valence-corrected chi connectivity index (χ1v) is 3.76. The molecule has 1 aromatic rings. The standard InChI is InChI=1S/C8H5BFNO2/c9-3-1-2-4(10)5-6(3)11-8(13)7(5)12/h1-2H,9H2,(H,11,12,13). The van der Waals surface area contributed by atoms with Crippen LogP contribution in [0.2, 0.25) is 0 Å². The molecule has 3 nitrogen and oxygen atoms in total. The molecule has 1 N–H and O–H groups in total. The summed E-state index contributed by atoms with van der Waals surface area (Å²) in [5.41, 5.74) is 0.857. The molecule has 1 aliphatic rings. The third-order valence-corrected chi connectivity index (χ3v) is 2.03. The number of nitrogens with one attached hydrogen (secondary N) is 1. The van der Waals surface area contributed by atoms with E-state index in [1.165, 1.54) is 12.1 Å². The monoisotopic (exact) mass is 177 g/mol. The van der Waals surface area contributed by atoms with E-state index in [0.717, 1.165) is 0 Å². The van der Waals surface area contributed by atoms with E-state index in [2.05, 4.69) is 5.32 Å². The molecule has 0 aromatic heterocycles. The van der Waals surface area contributed by atoms with Gasteiger partial charge in [-0.05, 0) is 6.07 Å². The fraction of sp³-hybridized carbons (Fsp3) is 0. The van der Waals surface area contributed by atoms with Crippen molar-refractivity contribution in [2.24, 2.45) is 0 Å². The maximum absolute atomic E-state index is 13.1. The fourth-order valence-electron chi connectivity index (χ4n) is 1.35. The van der Waals surface area contributed by atoms with Gasteiger partial charge in [0.05, 0.1) is 5.56 Å². The number of benzene rings is 1. The summed E-state index contributed by atoms with van der Waals surface area (Å²) >= 11 is 0. The number of carbonyl (C=O) groups excluding carboxylic acids is 2. The zero-order valence-electron chi connectivity index (χ0n) is 6.85. The second kappa shape index (κ2) is 2.42. The van der Waals surface area contributed by atoms with Crippen LogP contribution in [0.5, 0.6) is 0 Å². The minimum atomic E-state index is -0.795. The minimum Gasteiger partial charge on any atom is -0.319 e. The lowest BCUT2D eigenvalue weighted by molar-refractivity contribution is -0.112. The van der Waals surface area contributed by atoms with Gasteiger partial charge in [0.25, 0.3) is 11.7 Å². The molecule has 1 aromatic carbocycles. The summed E-state index contributed by atoms with van der Waals surface area (Å²) in [7, 11) is 1.71. The van der Waals surface area contributed by atoms with Crippen LogP contribution in [-0.4, -0.2) is 19.5 Å². The van der Waals surface area contributed by atoms with E-state index in [4.69, 9.17) is 0 Å². The number of rotatable bonds is 0. The van der Waals surface area contributed by atoms with E-state index in [0.29, 0.717) is 11.2 Å². The van der Waals surface area contributed by atoms with Crippen molar-refractivity contribution in [2.75, 3.05) is 5.32 Å². The van der Waals surface area contributed by atoms with Crippen molar-refractivity contribution in [1.82, 2.24) is 0 Å². The Balaban J connectivity index is 2.75. The molecule has 0 unspecified atom stereocenters. The van der Waals surface area contributed by atoms with Crippen LogP contribution in [0.4, 0.5) is 10.1 Å². The lowest BCUT2D eigenvalue weighted by atomic mass is 9.91. The van der Waals surface area contributed by atoms with Gasteiger partial charge < -0.3 is 5.32 Å². The largest absolute Gasteiger partial charge is 0.319 e. The SMILES string of the molecule is Bc1ccc(F)c2c1NC(=O)C2=O. The van der Waals surface area contributed by atoms with Gasteiger partial charge in [-0.25, -0.2) is 4.39 Å². The second-order valence-electron chi connectivity index (χ2n) is 2.90. The molecular weight excluding hydrogens is 172 g/mol. The predicted octanol–water partition coefficient (Wildman–Crippen LogP) is -0.781. The van der Waals surface area contributed by atoms with Gasteiger partial charge in [0.15, 0.2) is 0 Å². The van der Waals surface area contributed by atoms with Gasteiger partial charge in [-0.2, -0.15) is 0 Å². The molecule has 13 heavy (non-hydrogen) atoms. The predicted molar refractivity (Wildman–Crippen MR) is 47.5 cm³/mol. The molecule has 5 heteroatoms. The topological polar surface area (TPSA) is 46.2 Å². The molecule has 0 fully saturated rings. The smallest absolute Gasteiger partial charge is 0.296 e. The third kappa shape index (κ3) is 0.966. The van der Waals surface area contributed by atoms with Crippen LogP contribution in [0.1, 0.15) is 10.4 Å². The maximum atomic E-state index is 13.1. The number of hydrogen-bond acceptors (Lipinski definition) is 2. The average molecular weight is 177 g/mol. The van der Waals surface area contributed by atoms with Crippen molar-refractivity contribution in [1.29, 1.82) is 0 Å². The Morgan fingerprint density at radius 2 is 2.00 bits per heavy atom. The highest BCUT2D eigenvalue weighted by Crippen LogP contribution is 2.22. The normalized spacial score (nSPS) is 14.2. The molecule has 0 radical (unpaired) electrons. The molecule has 1 amide bonds. The number of ketones is 1. The molecule has 0 saturated heterocycles. The highest BCUT2D eigenvalue weighted by atomic mass is 19.1. The van der Waals surface area contributed by atoms with Gasteiger partial charge in [-0.15, -0.1) is 0 Å². The molecule has 1 aliphatic heterocycles. The lowest BCUT2D eigenvalue weighted by Gasteiger charge is -2.01. The number of hydrogen-bond donors (Lipinski definition) is 1. The van der Waals surface area contributed by atoms with E-state index in [1.807, 2.05) is 0 Å². The van der Waals surface area contributed by atoms with Crippen molar-refractivity contribution in [3.8, 4) is 0 Å². The van der Waals surface area contributed by atoms with Gasteiger partial charge in [-0.3, -0.25) is 9.59 Å². The molecule has 1 heterocycles. The van der Waals surface area contributed by atoms with Gasteiger partial charge >= 0.3 is 0 Å². The molecule has 0 spiro atoms. The first-order valence-electron chi connectivity index (χ1n) is 3.76. The molecule has 0 atom stereocenters. The van der Waals surface area contributed by atoms with Crippen LogP contribution in [0.25, 0.3) is 0 Å². The van der Waals surface area contributed by atoms with E-state index in [-0.39, 0.29) is 5.56 Å². The minimum absolute atomic E-state index is 0.134. The van der Waals surface area contributed by atoms with Crippen LogP contribution >= 0.6 is 0 Å². The highest BCUT2D eigenvalue weighted by Gasteiger charge is 2.31. The number of amides is 1. The molecular formula is C8H5BFNO2. The Morgan fingerprint density at radius 3 is 2.62 bits per heavy atom. The molecule has 0 aliphatic carbocycles. The van der Waals surface area contributed by atoms with Crippen molar-refractivity contribution in [3.05, 3.63) is 23.5 Å². The number of fused-ring (bicyclic) bond motifs is 1. The summed E-state index contributed by atoms with van der Waals surface area (Å²) in [4.78, 5) is 22.0. The van der Waals surface area contributed by atoms with Crippen LogP contribution in [0.15, 0.2) is 12.1 Å². The number of Topliss-reactive ketones (excluding diaryl/α,β-unsaturated/α-hetero) is 1. The summed E-state index contributed by atoms with van der Waals surface area (Å²) < 4.78 is 13.1. The zero-order valence-corrected chi connectivity index (χ0v) is 6.85. The summed E-state index contributed by atoms with van der Waals surface area (Å²) in [5, 5.41) is 2.33. The Labute approximate surface area is 74.3 Å². The second-order valence-corrected chi connectivity index (χ2v) is 2.90. The lowest BCUT2D eigenvalue weighted by Crippen LogP contribution is -2.14. The summed E-state index contributed by atoms with van der Waals surface area (Å²) in [5.74, 6) is -2.21. The van der Waals surface area contributed by atoms with Crippen LogP contribution in [-0.2, 0) is 4.79 Å². The summed E-state index contributed by atoms with van der Waals surface area (Å²) in [6.45, 7) is 0. The van der Waals surface area contributed by atoms with E-state index in [1.54, 1.807) is 7.85 Å². The Bertz CT molecular complexity index is 430. The summed E-state index contributed by atoms with van der Waals surface area (Å²) in [6, 6.07) is 2.71. The highest BCUT2D eigenvalue weighted by molar-refractivity contribution is 6.54. The van der Waals surface area contributed by atoms with Crippen molar-refractivity contribution in [2.45, 2.75) is 0 Å². The number of carbonyl (C=O) groups is 2. The fourth-order valence-corrected chi connectivity index (χ4v) is 1.35.